The molecule has 5 rings (SSSR count). The number of rotatable bonds is 12. The van der Waals surface area contributed by atoms with Gasteiger partial charge in [-0.3, -0.25) is 19.8 Å². The van der Waals surface area contributed by atoms with E-state index in [1.165, 1.54) is 11.1 Å². The van der Waals surface area contributed by atoms with E-state index in [0.29, 0.717) is 25.3 Å². The van der Waals surface area contributed by atoms with E-state index in [2.05, 4.69) is 77.9 Å². The lowest BCUT2D eigenvalue weighted by Crippen LogP contribution is -2.53. The minimum Gasteiger partial charge on any atom is -0.378 e. The second kappa shape index (κ2) is 15.1. The van der Waals surface area contributed by atoms with Crippen molar-refractivity contribution >= 4 is 22.5 Å². The van der Waals surface area contributed by atoms with Gasteiger partial charge in [0.05, 0.1) is 18.5 Å². The van der Waals surface area contributed by atoms with Crippen LogP contribution in [0.1, 0.15) is 75.5 Å². The zero-order valence-corrected chi connectivity index (χ0v) is 25.9. The summed E-state index contributed by atoms with van der Waals surface area (Å²) in [5, 5.41) is 20.0. The van der Waals surface area contributed by atoms with Crippen molar-refractivity contribution in [2.24, 2.45) is 11.8 Å². The fraction of sp³-hybridized carbons (Fsp3) is 0.514. The molecule has 43 heavy (non-hydrogen) atoms. The Morgan fingerprint density at radius 1 is 0.907 bits per heavy atom. The molecule has 3 aromatic rings. The normalized spacial score (nSPS) is 20.7. The van der Waals surface area contributed by atoms with Crippen molar-refractivity contribution in [1.82, 2.24) is 15.5 Å². The van der Waals surface area contributed by atoms with Crippen LogP contribution in [0.4, 0.5) is 0 Å². The number of carbonyl (C=O) groups excluding carboxylic acids is 2. The van der Waals surface area contributed by atoms with Crippen LogP contribution in [-0.2, 0) is 29.0 Å². The number of hydrogen-bond acceptors (Lipinski definition) is 5. The highest BCUT2D eigenvalue weighted by molar-refractivity contribution is 5.91. The molecule has 4 atom stereocenters. The van der Waals surface area contributed by atoms with Crippen molar-refractivity contribution in [1.29, 1.82) is 0 Å². The number of nitrogens with zero attached hydrogens (tertiary/aromatic N) is 1. The van der Waals surface area contributed by atoms with Crippen LogP contribution in [0.25, 0.3) is 10.8 Å². The maximum atomic E-state index is 13.8. The number of aliphatic hydroxyl groups is 1. The molecule has 0 spiro atoms. The average molecular weight is 584 g/mol. The van der Waals surface area contributed by atoms with Crippen molar-refractivity contribution in [3.63, 3.8) is 0 Å². The molecule has 6 nitrogen and oxygen atoms in total. The van der Waals surface area contributed by atoms with E-state index in [1.54, 1.807) is 0 Å². The molecular weight excluding hydrogens is 534 g/mol. The van der Waals surface area contributed by atoms with Crippen LogP contribution in [0.2, 0.25) is 0 Å². The number of aryl methyl sites for hydroxylation is 1. The van der Waals surface area contributed by atoms with E-state index in [9.17, 15) is 14.7 Å². The van der Waals surface area contributed by atoms with Crippen LogP contribution in [0.5, 0.6) is 0 Å². The Hall–Kier alpha value is -3.06. The van der Waals surface area contributed by atoms with Crippen molar-refractivity contribution in [2.75, 3.05) is 13.1 Å². The van der Waals surface area contributed by atoms with Gasteiger partial charge in [-0.05, 0) is 78.5 Å². The maximum Gasteiger partial charge on any atom is 0.225 e. The summed E-state index contributed by atoms with van der Waals surface area (Å²) in [7, 11) is 0. The standard InChI is InChI=1S/C37H49N3O3/c1-26(2)20-21-34(35(41)25-40-22-10-16-27-11-3-4-13-30(27)24-40)39-37(43)32-18-7-8-19-33(32)38-36(42)23-29-15-9-14-28-12-5-6-17-31(28)29/h3-6,9,11-15,17,26,32-34,36,38,42H,7-8,10,16,18-25H2,1-2H3,(H,39,43)/t32-,33+,34+,36?/m1/s1. The van der Waals surface area contributed by atoms with Gasteiger partial charge in [0, 0.05) is 19.0 Å². The third-order valence-corrected chi connectivity index (χ3v) is 9.35. The molecule has 1 saturated carbocycles. The summed E-state index contributed by atoms with van der Waals surface area (Å²) in [5.74, 6) is 0.225. The van der Waals surface area contributed by atoms with E-state index >= 15 is 0 Å². The van der Waals surface area contributed by atoms with E-state index in [-0.39, 0.29) is 23.7 Å². The summed E-state index contributed by atoms with van der Waals surface area (Å²) in [4.78, 5) is 29.8. The molecule has 3 aromatic carbocycles. The Morgan fingerprint density at radius 2 is 1.65 bits per heavy atom. The molecule has 0 saturated heterocycles. The van der Waals surface area contributed by atoms with Gasteiger partial charge in [-0.15, -0.1) is 0 Å². The quantitative estimate of drug-likeness (QED) is 0.235. The monoisotopic (exact) mass is 583 g/mol. The molecule has 1 fully saturated rings. The first-order valence-electron chi connectivity index (χ1n) is 16.4. The largest absolute Gasteiger partial charge is 0.378 e. The third-order valence-electron chi connectivity index (χ3n) is 9.35. The van der Waals surface area contributed by atoms with Crippen LogP contribution in [0.15, 0.2) is 66.7 Å². The highest BCUT2D eigenvalue weighted by atomic mass is 16.3. The Balaban J connectivity index is 1.22. The van der Waals surface area contributed by atoms with E-state index in [4.69, 9.17) is 0 Å². The molecule has 0 radical (unpaired) electrons. The number of amides is 1. The predicted molar refractivity (Wildman–Crippen MR) is 174 cm³/mol. The zero-order valence-electron chi connectivity index (χ0n) is 25.9. The molecule has 3 N–H and O–H groups in total. The van der Waals surface area contributed by atoms with Crippen LogP contribution in [0.3, 0.4) is 0 Å². The summed E-state index contributed by atoms with van der Waals surface area (Å²) >= 11 is 0. The topological polar surface area (TPSA) is 81.7 Å². The van der Waals surface area contributed by atoms with Gasteiger partial charge in [0.15, 0.2) is 5.78 Å². The molecule has 0 bridgehead atoms. The van der Waals surface area contributed by atoms with Gasteiger partial charge in [0.25, 0.3) is 0 Å². The highest BCUT2D eigenvalue weighted by Gasteiger charge is 2.34. The van der Waals surface area contributed by atoms with Gasteiger partial charge in [-0.1, -0.05) is 93.4 Å². The van der Waals surface area contributed by atoms with E-state index in [0.717, 1.165) is 74.4 Å². The Labute approximate surface area is 257 Å². The number of aliphatic hydroxyl groups excluding tert-OH is 1. The van der Waals surface area contributed by atoms with Gasteiger partial charge in [0.2, 0.25) is 5.91 Å². The number of Topliss-reactive ketones (excluding diaryl/α,β-unsaturated/α-hetero) is 1. The van der Waals surface area contributed by atoms with Crippen molar-refractivity contribution in [3.05, 3.63) is 83.4 Å². The van der Waals surface area contributed by atoms with Crippen molar-refractivity contribution in [3.8, 4) is 0 Å². The highest BCUT2D eigenvalue weighted by Crippen LogP contribution is 2.27. The second-order valence-electron chi connectivity index (χ2n) is 13.1. The lowest BCUT2D eigenvalue weighted by Gasteiger charge is -2.34. The minimum absolute atomic E-state index is 0.0575. The first kappa shape index (κ1) is 31.4. The molecule has 1 unspecified atom stereocenters. The van der Waals surface area contributed by atoms with Gasteiger partial charge in [0.1, 0.15) is 6.23 Å². The smallest absolute Gasteiger partial charge is 0.225 e. The second-order valence-corrected chi connectivity index (χ2v) is 13.1. The molecule has 1 amide bonds. The number of hydrogen-bond donors (Lipinski definition) is 3. The Bertz CT molecular complexity index is 1370. The SMILES string of the molecule is CC(C)CC[C@H](NC(=O)[C@@H]1CCCC[C@@H]1NC(O)Cc1cccc2ccccc12)C(=O)CN1CCCc2ccccc2C1. The average Bonchev–Trinajstić information content (AvgIpc) is 3.21. The van der Waals surface area contributed by atoms with Crippen LogP contribution >= 0.6 is 0 Å². The predicted octanol–water partition coefficient (Wildman–Crippen LogP) is 5.79. The molecule has 1 heterocycles. The Morgan fingerprint density at radius 3 is 2.49 bits per heavy atom. The van der Waals surface area contributed by atoms with Crippen LogP contribution in [-0.4, -0.2) is 53.1 Å². The maximum absolute atomic E-state index is 13.8. The van der Waals surface area contributed by atoms with Crippen LogP contribution < -0.4 is 10.6 Å². The van der Waals surface area contributed by atoms with Gasteiger partial charge in [-0.2, -0.15) is 0 Å². The molecule has 0 aromatic heterocycles. The molecule has 1 aliphatic heterocycles. The summed E-state index contributed by atoms with van der Waals surface area (Å²) in [6, 6.07) is 22.3. The molecule has 230 valence electrons. The molecule has 1 aliphatic carbocycles. The lowest BCUT2D eigenvalue weighted by molar-refractivity contribution is -0.132. The van der Waals surface area contributed by atoms with Crippen molar-refractivity contribution in [2.45, 2.75) is 96.5 Å². The van der Waals surface area contributed by atoms with Gasteiger partial charge >= 0.3 is 0 Å². The number of fused-ring (bicyclic) bond motifs is 2. The molecule has 2 aliphatic rings. The summed E-state index contributed by atoms with van der Waals surface area (Å²) < 4.78 is 0. The van der Waals surface area contributed by atoms with Crippen molar-refractivity contribution < 1.29 is 14.7 Å². The first-order valence-corrected chi connectivity index (χ1v) is 16.4. The third kappa shape index (κ3) is 8.53. The van der Waals surface area contributed by atoms with E-state index in [1.807, 2.05) is 18.2 Å². The van der Waals surface area contributed by atoms with E-state index < -0.39 is 12.3 Å². The van der Waals surface area contributed by atoms with Crippen LogP contribution in [0, 0.1) is 11.8 Å². The number of nitrogens with one attached hydrogen (secondary N) is 2. The number of carbonyl (C=O) groups is 2. The summed E-state index contributed by atoms with van der Waals surface area (Å²) in [6.07, 6.45) is 6.93. The molecular formula is C37H49N3O3. The Kier molecular flexibility index (Phi) is 11.0. The van der Waals surface area contributed by atoms with Gasteiger partial charge in [-0.25, -0.2) is 0 Å². The fourth-order valence-corrected chi connectivity index (χ4v) is 6.96. The number of benzene rings is 3. The minimum atomic E-state index is -0.756. The first-order chi connectivity index (χ1) is 20.9. The summed E-state index contributed by atoms with van der Waals surface area (Å²) in [6.45, 7) is 6.33. The van der Waals surface area contributed by atoms with Gasteiger partial charge < -0.3 is 10.4 Å². The molecule has 6 heteroatoms. The summed E-state index contributed by atoms with van der Waals surface area (Å²) in [5.41, 5.74) is 3.76. The zero-order chi connectivity index (χ0) is 30.2. The fourth-order valence-electron chi connectivity index (χ4n) is 6.96. The lowest BCUT2D eigenvalue weighted by atomic mass is 9.83. The number of ketones is 1.